The molecule has 1 aromatic carbocycles. The fourth-order valence-corrected chi connectivity index (χ4v) is 5.67. The van der Waals surface area contributed by atoms with E-state index in [9.17, 15) is 14.7 Å². The number of amides is 2. The van der Waals surface area contributed by atoms with Crippen LogP contribution in [-0.2, 0) is 16.1 Å². The number of nitrogens with two attached hydrogens (primary N) is 1. The van der Waals surface area contributed by atoms with Gasteiger partial charge in [-0.2, -0.15) is 0 Å². The second-order valence-electron chi connectivity index (χ2n) is 9.45. The summed E-state index contributed by atoms with van der Waals surface area (Å²) in [5, 5.41) is 14.3. The summed E-state index contributed by atoms with van der Waals surface area (Å²) in [4.78, 5) is 41.4. The maximum atomic E-state index is 13.7. The fourth-order valence-electron chi connectivity index (χ4n) is 5.33. The van der Waals surface area contributed by atoms with E-state index in [4.69, 9.17) is 5.73 Å². The van der Waals surface area contributed by atoms with Crippen LogP contribution in [0.3, 0.4) is 0 Å². The monoisotopic (exact) mass is 549 g/mol. The second kappa shape index (κ2) is 8.52. The zero-order valence-electron chi connectivity index (χ0n) is 19.4. The van der Waals surface area contributed by atoms with Gasteiger partial charge >= 0.3 is 0 Å². The van der Waals surface area contributed by atoms with Gasteiger partial charge in [-0.05, 0) is 71.4 Å². The summed E-state index contributed by atoms with van der Waals surface area (Å²) < 4.78 is 2.44. The molecule has 4 aromatic rings. The van der Waals surface area contributed by atoms with Crippen molar-refractivity contribution >= 4 is 61.3 Å². The van der Waals surface area contributed by atoms with Crippen LogP contribution in [0.2, 0.25) is 0 Å². The summed E-state index contributed by atoms with van der Waals surface area (Å²) in [6, 6.07) is 10.3. The molecule has 2 fully saturated rings. The lowest BCUT2D eigenvalue weighted by molar-refractivity contribution is -0.138. The van der Waals surface area contributed by atoms with Gasteiger partial charge in [-0.25, -0.2) is 15.0 Å². The van der Waals surface area contributed by atoms with Crippen LogP contribution >= 0.6 is 15.9 Å². The van der Waals surface area contributed by atoms with Gasteiger partial charge in [0.2, 0.25) is 11.8 Å². The number of anilines is 2. The maximum absolute atomic E-state index is 13.7. The fraction of sp³-hybridized carbons (Fsp3) is 0.320. The number of halogens is 1. The molecular formula is C25H24BrN7O3. The Labute approximate surface area is 214 Å². The molecule has 4 N–H and O–H groups in total. The number of nitrogen functional groups attached to an aromatic ring is 1. The van der Waals surface area contributed by atoms with Gasteiger partial charge in [0, 0.05) is 11.4 Å². The van der Waals surface area contributed by atoms with Crippen molar-refractivity contribution in [3.8, 4) is 0 Å². The third kappa shape index (κ3) is 3.79. The number of piperidine rings is 1. The highest BCUT2D eigenvalue weighted by atomic mass is 79.9. The van der Waals surface area contributed by atoms with Gasteiger partial charge in [0.25, 0.3) is 0 Å². The summed E-state index contributed by atoms with van der Waals surface area (Å²) >= 11 is 3.31. The number of nitrogens with one attached hydrogen (secondary N) is 1. The topological polar surface area (TPSA) is 139 Å². The van der Waals surface area contributed by atoms with Gasteiger partial charge in [-0.3, -0.25) is 9.59 Å². The third-order valence-corrected chi connectivity index (χ3v) is 7.57. The molecule has 36 heavy (non-hydrogen) atoms. The van der Waals surface area contributed by atoms with Crippen LogP contribution in [0.4, 0.5) is 11.6 Å². The normalized spacial score (nSPS) is 21.5. The Bertz CT molecular complexity index is 1540. The van der Waals surface area contributed by atoms with Crippen molar-refractivity contribution in [1.82, 2.24) is 24.4 Å². The van der Waals surface area contributed by atoms with Gasteiger partial charge in [0.05, 0.1) is 17.0 Å². The number of aliphatic hydroxyl groups is 1. The first kappa shape index (κ1) is 22.9. The minimum atomic E-state index is -0.657. The molecule has 0 spiro atoms. The van der Waals surface area contributed by atoms with Crippen molar-refractivity contribution in [2.24, 2.45) is 5.92 Å². The molecule has 2 amide bonds. The minimum absolute atomic E-state index is 0.00656. The van der Waals surface area contributed by atoms with Crippen molar-refractivity contribution in [2.45, 2.75) is 44.5 Å². The molecule has 1 aliphatic carbocycles. The summed E-state index contributed by atoms with van der Waals surface area (Å²) in [6.45, 7) is 1.70. The lowest BCUT2D eigenvalue weighted by Gasteiger charge is -2.27. The van der Waals surface area contributed by atoms with Gasteiger partial charge in [0.15, 0.2) is 0 Å². The van der Waals surface area contributed by atoms with E-state index < -0.39 is 12.1 Å². The zero-order chi connectivity index (χ0) is 25.1. The number of benzene rings is 1. The summed E-state index contributed by atoms with van der Waals surface area (Å²) in [5.41, 5.74) is 8.24. The summed E-state index contributed by atoms with van der Waals surface area (Å²) in [5.74, 6) is 0.686. The number of hydrogen-bond donors (Lipinski definition) is 3. The molecule has 1 aliphatic heterocycles. The first-order valence-corrected chi connectivity index (χ1v) is 12.6. The molecule has 2 aliphatic rings. The molecule has 11 heteroatoms. The Morgan fingerprint density at radius 2 is 2.08 bits per heavy atom. The van der Waals surface area contributed by atoms with Crippen molar-refractivity contribution in [3.05, 3.63) is 52.9 Å². The van der Waals surface area contributed by atoms with Crippen molar-refractivity contribution in [2.75, 3.05) is 11.1 Å². The number of rotatable bonds is 5. The number of aromatic nitrogens is 4. The van der Waals surface area contributed by atoms with E-state index in [1.165, 1.54) is 6.33 Å². The molecule has 10 nitrogen and oxygen atoms in total. The highest BCUT2D eigenvalue weighted by molar-refractivity contribution is 9.10. The standard InChI is InChI=1S/C25H24BrN7O3/c1-12(34)13-5-6-16-15(7-13)22-23(27)28-11-29-24(22)32(16)10-21(35)33-17-8-14(17)9-18(33)25(36)31-20-4-2-3-19(26)30-20/h2-7,11-12,14,17-18,34H,8-10H2,1H3,(H2,27,28,29)(H,30,31,36)/t12?,14-,17?,18+/m1/s1. The van der Waals surface area contributed by atoms with Gasteiger partial charge in [-0.1, -0.05) is 12.1 Å². The maximum Gasteiger partial charge on any atom is 0.248 e. The number of hydrogen-bond acceptors (Lipinski definition) is 7. The lowest BCUT2D eigenvalue weighted by atomic mass is 10.1. The Balaban J connectivity index is 1.33. The van der Waals surface area contributed by atoms with Crippen LogP contribution in [0.1, 0.15) is 31.4 Å². The Morgan fingerprint density at radius 3 is 2.86 bits per heavy atom. The van der Waals surface area contributed by atoms with Crippen LogP contribution in [0.15, 0.2) is 47.3 Å². The molecule has 0 bridgehead atoms. The SMILES string of the molecule is CC(O)c1ccc2c(c1)c1c(N)ncnc1n2CC(=O)N1C2C[C@@H]2C[C@H]1C(=O)Nc1cccc(Br)n1. The van der Waals surface area contributed by atoms with E-state index in [2.05, 4.69) is 36.2 Å². The van der Waals surface area contributed by atoms with E-state index in [-0.39, 0.29) is 24.4 Å². The average Bonchev–Trinajstić information content (AvgIpc) is 3.39. The van der Waals surface area contributed by atoms with Crippen LogP contribution in [0, 0.1) is 5.92 Å². The van der Waals surface area contributed by atoms with Gasteiger partial charge in [-0.15, -0.1) is 0 Å². The van der Waals surface area contributed by atoms with E-state index in [1.54, 1.807) is 30.0 Å². The largest absolute Gasteiger partial charge is 0.389 e. The average molecular weight is 550 g/mol. The predicted octanol–water partition coefficient (Wildman–Crippen LogP) is 3.01. The Hall–Kier alpha value is -3.57. The number of carbonyl (C=O) groups excluding carboxylic acids is 2. The zero-order valence-corrected chi connectivity index (χ0v) is 21.0. The number of fused-ring (bicyclic) bond motifs is 4. The van der Waals surface area contributed by atoms with E-state index in [1.807, 2.05) is 22.8 Å². The van der Waals surface area contributed by atoms with E-state index in [0.29, 0.717) is 39.6 Å². The molecule has 3 aromatic heterocycles. The van der Waals surface area contributed by atoms with Crippen molar-refractivity contribution < 1.29 is 14.7 Å². The molecule has 2 unspecified atom stereocenters. The molecule has 1 saturated heterocycles. The molecule has 6 rings (SSSR count). The van der Waals surface area contributed by atoms with Crippen LogP contribution in [0.25, 0.3) is 21.9 Å². The number of carbonyl (C=O) groups is 2. The number of nitrogens with zero attached hydrogens (tertiary/aromatic N) is 5. The second-order valence-corrected chi connectivity index (χ2v) is 10.3. The first-order chi connectivity index (χ1) is 17.3. The number of likely N-dealkylation sites (tertiary alicyclic amines) is 1. The lowest BCUT2D eigenvalue weighted by Crippen LogP contribution is -2.46. The minimum Gasteiger partial charge on any atom is -0.389 e. The van der Waals surface area contributed by atoms with Crippen molar-refractivity contribution in [1.29, 1.82) is 0 Å². The summed E-state index contributed by atoms with van der Waals surface area (Å²) in [7, 11) is 0. The van der Waals surface area contributed by atoms with Gasteiger partial charge < -0.3 is 25.6 Å². The number of aliphatic hydroxyl groups excluding tert-OH is 1. The molecular weight excluding hydrogens is 526 g/mol. The Kier molecular flexibility index (Phi) is 5.41. The van der Waals surface area contributed by atoms with Crippen LogP contribution in [0.5, 0.6) is 0 Å². The molecule has 4 atom stereocenters. The van der Waals surface area contributed by atoms with E-state index in [0.717, 1.165) is 22.9 Å². The highest BCUT2D eigenvalue weighted by Crippen LogP contribution is 2.48. The van der Waals surface area contributed by atoms with Gasteiger partial charge in [0.1, 0.15) is 40.8 Å². The van der Waals surface area contributed by atoms with Crippen molar-refractivity contribution in [3.63, 3.8) is 0 Å². The predicted molar refractivity (Wildman–Crippen MR) is 138 cm³/mol. The molecule has 4 heterocycles. The van der Waals surface area contributed by atoms with Crippen LogP contribution < -0.4 is 11.1 Å². The quantitative estimate of drug-likeness (QED) is 0.325. The number of pyridine rings is 1. The highest BCUT2D eigenvalue weighted by Gasteiger charge is 2.56. The van der Waals surface area contributed by atoms with Crippen LogP contribution in [-0.4, -0.2) is 53.4 Å². The summed E-state index contributed by atoms with van der Waals surface area (Å²) in [6.07, 6.45) is 2.26. The Morgan fingerprint density at radius 1 is 1.25 bits per heavy atom. The van der Waals surface area contributed by atoms with E-state index >= 15 is 0 Å². The third-order valence-electron chi connectivity index (χ3n) is 7.13. The first-order valence-electron chi connectivity index (χ1n) is 11.8. The smallest absolute Gasteiger partial charge is 0.248 e. The molecule has 184 valence electrons. The molecule has 0 radical (unpaired) electrons. The molecule has 1 saturated carbocycles.